The molecule has 0 heterocycles. The molecule has 1 rings (SSSR count). The second-order valence-corrected chi connectivity index (χ2v) is 4.48. The van der Waals surface area contributed by atoms with Crippen molar-refractivity contribution in [3.8, 4) is 11.5 Å². The van der Waals surface area contributed by atoms with Crippen molar-refractivity contribution in [3.63, 3.8) is 0 Å². The van der Waals surface area contributed by atoms with Crippen LogP contribution < -0.4 is 4.74 Å². The normalized spacial score (nSPS) is 10.5. The van der Waals surface area contributed by atoms with Gasteiger partial charge in [0.15, 0.2) is 11.5 Å². The monoisotopic (exact) mass is 251 g/mol. The summed E-state index contributed by atoms with van der Waals surface area (Å²) in [5, 5.41) is 9.69. The third kappa shape index (κ3) is 3.15. The van der Waals surface area contributed by atoms with E-state index in [2.05, 4.69) is 0 Å². The molecular formula is C14H21NO3. The number of phenolic OH excluding ortho intramolecular Hbond substituents is 1. The quantitative estimate of drug-likeness (QED) is 0.875. The van der Waals surface area contributed by atoms with Crippen molar-refractivity contribution in [1.29, 1.82) is 0 Å². The molecule has 0 aliphatic carbocycles. The number of methoxy groups -OCH3 is 1. The fraction of sp³-hybridized carbons (Fsp3) is 0.500. The Bertz CT molecular complexity index is 416. The summed E-state index contributed by atoms with van der Waals surface area (Å²) in [5.74, 6) is 0.298. The first-order valence-corrected chi connectivity index (χ1v) is 6.19. The third-order valence-electron chi connectivity index (χ3n) is 2.77. The van der Waals surface area contributed by atoms with Crippen molar-refractivity contribution in [2.24, 2.45) is 0 Å². The first kappa shape index (κ1) is 14.4. The lowest BCUT2D eigenvalue weighted by Crippen LogP contribution is -2.37. The third-order valence-corrected chi connectivity index (χ3v) is 2.77. The number of hydrogen-bond donors (Lipinski definition) is 1. The minimum absolute atomic E-state index is 0.0106. The molecule has 0 aromatic heterocycles. The zero-order chi connectivity index (χ0) is 13.7. The number of aromatic hydroxyl groups is 1. The van der Waals surface area contributed by atoms with E-state index in [0.717, 1.165) is 6.42 Å². The van der Waals surface area contributed by atoms with Gasteiger partial charge in [-0.1, -0.05) is 6.92 Å². The van der Waals surface area contributed by atoms with Crippen molar-refractivity contribution in [2.45, 2.75) is 33.2 Å². The number of carbonyl (C=O) groups excluding carboxylic acids is 1. The van der Waals surface area contributed by atoms with E-state index in [4.69, 9.17) is 4.74 Å². The van der Waals surface area contributed by atoms with Gasteiger partial charge in [-0.25, -0.2) is 0 Å². The van der Waals surface area contributed by atoms with Gasteiger partial charge in [0.25, 0.3) is 5.91 Å². The van der Waals surface area contributed by atoms with Crippen molar-refractivity contribution in [1.82, 2.24) is 4.90 Å². The van der Waals surface area contributed by atoms with Gasteiger partial charge in [0.2, 0.25) is 0 Å². The molecular weight excluding hydrogens is 230 g/mol. The summed E-state index contributed by atoms with van der Waals surface area (Å²) in [6, 6.07) is 4.87. The smallest absolute Gasteiger partial charge is 0.254 e. The van der Waals surface area contributed by atoms with E-state index in [9.17, 15) is 9.90 Å². The van der Waals surface area contributed by atoms with Crippen molar-refractivity contribution < 1.29 is 14.6 Å². The maximum Gasteiger partial charge on any atom is 0.254 e. The molecule has 0 spiro atoms. The molecule has 0 saturated heterocycles. The lowest BCUT2D eigenvalue weighted by atomic mass is 10.1. The molecule has 1 aromatic rings. The highest BCUT2D eigenvalue weighted by Crippen LogP contribution is 2.27. The van der Waals surface area contributed by atoms with Gasteiger partial charge in [0.05, 0.1) is 7.11 Å². The first-order chi connectivity index (χ1) is 8.51. The van der Waals surface area contributed by atoms with E-state index in [1.54, 1.807) is 17.0 Å². The van der Waals surface area contributed by atoms with Crippen LogP contribution in [0.2, 0.25) is 0 Å². The molecule has 0 radical (unpaired) electrons. The minimum Gasteiger partial charge on any atom is -0.504 e. The van der Waals surface area contributed by atoms with Gasteiger partial charge in [0, 0.05) is 18.2 Å². The lowest BCUT2D eigenvalue weighted by Gasteiger charge is -2.26. The lowest BCUT2D eigenvalue weighted by molar-refractivity contribution is 0.0705. The van der Waals surface area contributed by atoms with Gasteiger partial charge < -0.3 is 14.7 Å². The summed E-state index contributed by atoms with van der Waals surface area (Å²) in [4.78, 5) is 14.1. The molecule has 100 valence electrons. The fourth-order valence-electron chi connectivity index (χ4n) is 1.82. The number of benzene rings is 1. The molecule has 0 atom stereocenters. The summed E-state index contributed by atoms with van der Waals surface area (Å²) < 4.78 is 4.96. The number of rotatable bonds is 5. The highest BCUT2D eigenvalue weighted by molar-refractivity contribution is 5.95. The average molecular weight is 251 g/mol. The summed E-state index contributed by atoms with van der Waals surface area (Å²) in [6.07, 6.45) is 0.909. The van der Waals surface area contributed by atoms with Crippen molar-refractivity contribution in [2.75, 3.05) is 13.7 Å². The van der Waals surface area contributed by atoms with Crippen LogP contribution in [-0.4, -0.2) is 35.6 Å². The second-order valence-electron chi connectivity index (χ2n) is 4.48. The van der Waals surface area contributed by atoms with Crippen LogP contribution in [0.4, 0.5) is 0 Å². The van der Waals surface area contributed by atoms with E-state index in [0.29, 0.717) is 17.9 Å². The molecule has 18 heavy (non-hydrogen) atoms. The van der Waals surface area contributed by atoms with Gasteiger partial charge in [0.1, 0.15) is 0 Å². The van der Waals surface area contributed by atoms with E-state index in [1.165, 1.54) is 13.2 Å². The van der Waals surface area contributed by atoms with Crippen molar-refractivity contribution >= 4 is 5.91 Å². The van der Waals surface area contributed by atoms with Gasteiger partial charge >= 0.3 is 0 Å². The molecule has 0 aliphatic heterocycles. The average Bonchev–Trinajstić information content (AvgIpc) is 2.34. The maximum absolute atomic E-state index is 12.3. The first-order valence-electron chi connectivity index (χ1n) is 6.19. The standard InChI is InChI=1S/C14H21NO3/c1-5-8-15(10(2)3)14(17)11-6-7-13(18-4)12(16)9-11/h6-7,9-10,16H,5,8H2,1-4H3. The second kappa shape index (κ2) is 6.28. The highest BCUT2D eigenvalue weighted by Gasteiger charge is 2.18. The van der Waals surface area contributed by atoms with E-state index in [-0.39, 0.29) is 17.7 Å². The predicted octanol–water partition coefficient (Wildman–Crippen LogP) is 2.66. The molecule has 0 aliphatic rings. The Hall–Kier alpha value is -1.71. The van der Waals surface area contributed by atoms with E-state index < -0.39 is 0 Å². The van der Waals surface area contributed by atoms with Crippen LogP contribution in [0.3, 0.4) is 0 Å². The fourth-order valence-corrected chi connectivity index (χ4v) is 1.82. The number of amides is 1. The number of nitrogens with zero attached hydrogens (tertiary/aromatic N) is 1. The van der Waals surface area contributed by atoms with Crippen molar-refractivity contribution in [3.05, 3.63) is 23.8 Å². The number of hydrogen-bond acceptors (Lipinski definition) is 3. The van der Waals surface area contributed by atoms with E-state index in [1.807, 2.05) is 20.8 Å². The molecule has 4 heteroatoms. The molecule has 1 amide bonds. The van der Waals surface area contributed by atoms with Crippen LogP contribution in [-0.2, 0) is 0 Å². The van der Waals surface area contributed by atoms with Crippen LogP contribution >= 0.6 is 0 Å². The SMILES string of the molecule is CCCN(C(=O)c1ccc(OC)c(O)c1)C(C)C. The van der Waals surface area contributed by atoms with Crippen LogP contribution in [0.25, 0.3) is 0 Å². The zero-order valence-electron chi connectivity index (χ0n) is 11.4. The van der Waals surface area contributed by atoms with Crippen LogP contribution in [0.15, 0.2) is 18.2 Å². The Morgan fingerprint density at radius 3 is 2.56 bits per heavy atom. The van der Waals surface area contributed by atoms with Gasteiger partial charge in [-0.05, 0) is 38.5 Å². The summed E-state index contributed by atoms with van der Waals surface area (Å²) in [5.41, 5.74) is 0.482. The van der Waals surface area contributed by atoms with Gasteiger partial charge in [-0.3, -0.25) is 4.79 Å². The number of ether oxygens (including phenoxy) is 1. The molecule has 0 bridgehead atoms. The molecule has 1 aromatic carbocycles. The zero-order valence-corrected chi connectivity index (χ0v) is 11.4. The number of carbonyl (C=O) groups is 1. The maximum atomic E-state index is 12.3. The summed E-state index contributed by atoms with van der Waals surface area (Å²) in [7, 11) is 1.48. The van der Waals surface area contributed by atoms with E-state index >= 15 is 0 Å². The largest absolute Gasteiger partial charge is 0.504 e. The Morgan fingerprint density at radius 1 is 1.44 bits per heavy atom. The topological polar surface area (TPSA) is 49.8 Å². The molecule has 0 unspecified atom stereocenters. The molecule has 1 N–H and O–H groups in total. The summed E-state index contributed by atoms with van der Waals surface area (Å²) >= 11 is 0. The Kier molecular flexibility index (Phi) is 5.01. The Labute approximate surface area is 108 Å². The van der Waals surface area contributed by atoms with Crippen LogP contribution in [0.1, 0.15) is 37.6 Å². The van der Waals surface area contributed by atoms with Crippen LogP contribution in [0.5, 0.6) is 11.5 Å². The molecule has 0 fully saturated rings. The van der Waals surface area contributed by atoms with Crippen LogP contribution in [0, 0.1) is 0 Å². The highest BCUT2D eigenvalue weighted by atomic mass is 16.5. The molecule has 0 saturated carbocycles. The van der Waals surface area contributed by atoms with Gasteiger partial charge in [-0.2, -0.15) is 0 Å². The Balaban J connectivity index is 2.98. The molecule has 4 nitrogen and oxygen atoms in total. The predicted molar refractivity (Wildman–Crippen MR) is 71.1 cm³/mol. The minimum atomic E-state index is -0.0650. The number of phenols is 1. The summed E-state index contributed by atoms with van der Waals surface area (Å²) in [6.45, 7) is 6.71. The Morgan fingerprint density at radius 2 is 2.11 bits per heavy atom. The van der Waals surface area contributed by atoms with Gasteiger partial charge in [-0.15, -0.1) is 0 Å².